The van der Waals surface area contributed by atoms with Gasteiger partial charge in [-0.2, -0.15) is 0 Å². The van der Waals surface area contributed by atoms with Crippen LogP contribution >= 0.6 is 0 Å². The van der Waals surface area contributed by atoms with Crippen LogP contribution in [0.2, 0.25) is 0 Å². The second-order valence-corrected chi connectivity index (χ2v) is 4.54. The molecule has 1 aromatic rings. The summed E-state index contributed by atoms with van der Waals surface area (Å²) in [5, 5.41) is 3.39. The smallest absolute Gasteiger partial charge is 0.126 e. The van der Waals surface area contributed by atoms with Crippen LogP contribution in [-0.4, -0.2) is 33.9 Å². The van der Waals surface area contributed by atoms with Crippen LogP contribution in [0.5, 0.6) is 17.2 Å². The molecule has 0 saturated heterocycles. The maximum atomic E-state index is 5.67. The van der Waals surface area contributed by atoms with Crippen LogP contribution < -0.4 is 19.5 Å². The van der Waals surface area contributed by atoms with Gasteiger partial charge in [-0.05, 0) is 25.3 Å². The predicted octanol–water partition coefficient (Wildman–Crippen LogP) is 2.08. The standard InChI is InChI=1S/C14H21NO3/c1-16-12-7-13(17-2)9-14(8-12)18-6-5-15-10-11-3-4-11/h7-9,11,15H,3-6,10H2,1-2H3. The molecule has 4 heteroatoms. The van der Waals surface area contributed by atoms with Gasteiger partial charge in [0.25, 0.3) is 0 Å². The number of hydrogen-bond acceptors (Lipinski definition) is 4. The Morgan fingerprint density at radius 3 is 2.22 bits per heavy atom. The van der Waals surface area contributed by atoms with Crippen LogP contribution in [0.3, 0.4) is 0 Å². The Morgan fingerprint density at radius 1 is 1.06 bits per heavy atom. The van der Waals surface area contributed by atoms with E-state index in [1.807, 2.05) is 18.2 Å². The molecule has 1 aliphatic rings. The quantitative estimate of drug-likeness (QED) is 0.718. The Morgan fingerprint density at radius 2 is 1.67 bits per heavy atom. The summed E-state index contributed by atoms with van der Waals surface area (Å²) >= 11 is 0. The number of methoxy groups -OCH3 is 2. The summed E-state index contributed by atoms with van der Waals surface area (Å²) < 4.78 is 16.0. The average molecular weight is 251 g/mol. The lowest BCUT2D eigenvalue weighted by atomic mass is 10.3. The third-order valence-electron chi connectivity index (χ3n) is 3.00. The van der Waals surface area contributed by atoms with Gasteiger partial charge in [-0.3, -0.25) is 0 Å². The molecule has 0 heterocycles. The van der Waals surface area contributed by atoms with Crippen molar-refractivity contribution in [1.29, 1.82) is 0 Å². The summed E-state index contributed by atoms with van der Waals surface area (Å²) in [6, 6.07) is 5.56. The van der Waals surface area contributed by atoms with E-state index in [1.165, 1.54) is 12.8 Å². The fraction of sp³-hybridized carbons (Fsp3) is 0.571. The molecule has 0 aliphatic heterocycles. The predicted molar refractivity (Wildman–Crippen MR) is 70.6 cm³/mol. The zero-order valence-electron chi connectivity index (χ0n) is 11.1. The van der Waals surface area contributed by atoms with E-state index >= 15 is 0 Å². The maximum absolute atomic E-state index is 5.67. The highest BCUT2D eigenvalue weighted by atomic mass is 16.5. The normalized spacial score (nSPS) is 14.3. The summed E-state index contributed by atoms with van der Waals surface area (Å²) in [5.41, 5.74) is 0. The molecule has 0 amide bonds. The molecule has 1 fully saturated rings. The number of benzene rings is 1. The summed E-state index contributed by atoms with van der Waals surface area (Å²) in [4.78, 5) is 0. The molecule has 0 unspecified atom stereocenters. The largest absolute Gasteiger partial charge is 0.496 e. The second-order valence-electron chi connectivity index (χ2n) is 4.54. The SMILES string of the molecule is COc1cc(OC)cc(OCCNCC2CC2)c1. The number of ether oxygens (including phenoxy) is 3. The monoisotopic (exact) mass is 251 g/mol. The maximum Gasteiger partial charge on any atom is 0.126 e. The van der Waals surface area contributed by atoms with E-state index < -0.39 is 0 Å². The zero-order chi connectivity index (χ0) is 12.8. The van der Waals surface area contributed by atoms with Crippen LogP contribution in [0, 0.1) is 5.92 Å². The average Bonchev–Trinajstić information content (AvgIpc) is 3.22. The first kappa shape index (κ1) is 13.0. The molecule has 2 rings (SSSR count). The summed E-state index contributed by atoms with van der Waals surface area (Å²) in [5.74, 6) is 3.17. The molecule has 1 N–H and O–H groups in total. The molecule has 4 nitrogen and oxygen atoms in total. The first-order valence-electron chi connectivity index (χ1n) is 6.38. The van der Waals surface area contributed by atoms with Crippen molar-refractivity contribution in [1.82, 2.24) is 5.32 Å². The van der Waals surface area contributed by atoms with E-state index in [0.717, 1.165) is 36.3 Å². The Kier molecular flexibility index (Phi) is 4.70. The molecular weight excluding hydrogens is 230 g/mol. The van der Waals surface area contributed by atoms with Gasteiger partial charge in [0, 0.05) is 24.7 Å². The van der Waals surface area contributed by atoms with Crippen molar-refractivity contribution < 1.29 is 14.2 Å². The minimum atomic E-state index is 0.656. The third kappa shape index (κ3) is 4.11. The van der Waals surface area contributed by atoms with Crippen molar-refractivity contribution in [3.05, 3.63) is 18.2 Å². The molecule has 0 spiro atoms. The van der Waals surface area contributed by atoms with Crippen molar-refractivity contribution in [3.63, 3.8) is 0 Å². The van der Waals surface area contributed by atoms with Gasteiger partial charge in [-0.15, -0.1) is 0 Å². The number of rotatable bonds is 8. The highest BCUT2D eigenvalue weighted by Gasteiger charge is 2.19. The van der Waals surface area contributed by atoms with Gasteiger partial charge in [-0.25, -0.2) is 0 Å². The fourth-order valence-electron chi connectivity index (χ4n) is 1.73. The van der Waals surface area contributed by atoms with Crippen LogP contribution in [0.4, 0.5) is 0 Å². The molecule has 1 aromatic carbocycles. The van der Waals surface area contributed by atoms with E-state index in [4.69, 9.17) is 14.2 Å². The van der Waals surface area contributed by atoms with Gasteiger partial charge in [0.15, 0.2) is 0 Å². The Hall–Kier alpha value is -1.42. The molecule has 0 radical (unpaired) electrons. The van der Waals surface area contributed by atoms with Crippen LogP contribution in [0.1, 0.15) is 12.8 Å². The minimum Gasteiger partial charge on any atom is -0.496 e. The minimum absolute atomic E-state index is 0.656. The van der Waals surface area contributed by atoms with Crippen molar-refractivity contribution in [2.45, 2.75) is 12.8 Å². The summed E-state index contributed by atoms with van der Waals surface area (Å²) in [6.45, 7) is 2.64. The highest BCUT2D eigenvalue weighted by Crippen LogP contribution is 2.28. The van der Waals surface area contributed by atoms with E-state index in [-0.39, 0.29) is 0 Å². The lowest BCUT2D eigenvalue weighted by Crippen LogP contribution is -2.23. The summed E-state index contributed by atoms with van der Waals surface area (Å²) in [7, 11) is 3.27. The second kappa shape index (κ2) is 6.50. The van der Waals surface area contributed by atoms with Crippen molar-refractivity contribution in [3.8, 4) is 17.2 Å². The number of hydrogen-bond donors (Lipinski definition) is 1. The van der Waals surface area contributed by atoms with E-state index in [0.29, 0.717) is 6.61 Å². The van der Waals surface area contributed by atoms with Gasteiger partial charge in [0.2, 0.25) is 0 Å². The van der Waals surface area contributed by atoms with Gasteiger partial charge >= 0.3 is 0 Å². The lowest BCUT2D eigenvalue weighted by Gasteiger charge is -2.10. The summed E-state index contributed by atoms with van der Waals surface area (Å²) in [6.07, 6.45) is 2.75. The van der Waals surface area contributed by atoms with Crippen LogP contribution in [-0.2, 0) is 0 Å². The molecule has 18 heavy (non-hydrogen) atoms. The van der Waals surface area contributed by atoms with Crippen molar-refractivity contribution in [2.75, 3.05) is 33.9 Å². The Balaban J connectivity index is 1.75. The van der Waals surface area contributed by atoms with Crippen LogP contribution in [0.15, 0.2) is 18.2 Å². The molecule has 1 aliphatic carbocycles. The Labute approximate surface area is 108 Å². The van der Waals surface area contributed by atoms with Gasteiger partial charge in [0.05, 0.1) is 14.2 Å². The van der Waals surface area contributed by atoms with E-state index in [2.05, 4.69) is 5.32 Å². The molecule has 100 valence electrons. The topological polar surface area (TPSA) is 39.7 Å². The molecular formula is C14H21NO3. The van der Waals surface area contributed by atoms with E-state index in [9.17, 15) is 0 Å². The van der Waals surface area contributed by atoms with Gasteiger partial charge < -0.3 is 19.5 Å². The lowest BCUT2D eigenvalue weighted by molar-refractivity contribution is 0.307. The van der Waals surface area contributed by atoms with E-state index in [1.54, 1.807) is 14.2 Å². The molecule has 0 aromatic heterocycles. The first-order chi connectivity index (χ1) is 8.81. The molecule has 1 saturated carbocycles. The van der Waals surface area contributed by atoms with Crippen molar-refractivity contribution in [2.24, 2.45) is 5.92 Å². The highest BCUT2D eigenvalue weighted by molar-refractivity contribution is 5.41. The number of nitrogens with one attached hydrogen (secondary N) is 1. The molecule has 0 atom stereocenters. The van der Waals surface area contributed by atoms with Gasteiger partial charge in [0.1, 0.15) is 23.9 Å². The third-order valence-corrected chi connectivity index (χ3v) is 3.00. The molecule has 0 bridgehead atoms. The van der Waals surface area contributed by atoms with Gasteiger partial charge in [-0.1, -0.05) is 0 Å². The fourth-order valence-corrected chi connectivity index (χ4v) is 1.73. The Bertz CT molecular complexity index is 355. The van der Waals surface area contributed by atoms with Crippen LogP contribution in [0.25, 0.3) is 0 Å². The first-order valence-corrected chi connectivity index (χ1v) is 6.38. The zero-order valence-corrected chi connectivity index (χ0v) is 11.1. The van der Waals surface area contributed by atoms with Crippen molar-refractivity contribution >= 4 is 0 Å².